The highest BCUT2D eigenvalue weighted by Gasteiger charge is 2.45. The Bertz CT molecular complexity index is 2460. The highest BCUT2D eigenvalue weighted by molar-refractivity contribution is 5.98. The molecule has 26 heteroatoms. The molecule has 512 valence electrons. The third-order valence-electron chi connectivity index (χ3n) is 17.3. The number of primary amides is 1. The fourth-order valence-corrected chi connectivity index (χ4v) is 12.0. The Morgan fingerprint density at radius 1 is 0.667 bits per heavy atom. The topological polar surface area (TPSA) is 339 Å². The summed E-state index contributed by atoms with van der Waals surface area (Å²) in [5.74, 6) is -5.83. The zero-order chi connectivity index (χ0) is 68.3. The third kappa shape index (κ3) is 24.6. The van der Waals surface area contributed by atoms with Gasteiger partial charge in [0.1, 0.15) is 18.1 Å². The van der Waals surface area contributed by atoms with E-state index >= 15 is 0 Å². The molecule has 9 N–H and O–H groups in total. The van der Waals surface area contributed by atoms with Gasteiger partial charge in [0, 0.05) is 67.0 Å². The maximum absolute atomic E-state index is 14.8. The van der Waals surface area contributed by atoms with Crippen LogP contribution in [0.5, 0.6) is 0 Å². The molecule has 10 amide bonds. The Morgan fingerprint density at radius 2 is 1.23 bits per heavy atom. The molecule has 0 aromatic heterocycles. The molecule has 1 aromatic rings. The molecule has 1 aliphatic heterocycles. The summed E-state index contributed by atoms with van der Waals surface area (Å²) in [6.45, 7) is 21.4. The van der Waals surface area contributed by atoms with E-state index < -0.39 is 102 Å². The van der Waals surface area contributed by atoms with Crippen molar-refractivity contribution in [3.63, 3.8) is 0 Å². The molecule has 1 fully saturated rings. The fraction of sp³-hybridized carbons (Fsp3) is 0.750. The van der Waals surface area contributed by atoms with Gasteiger partial charge in [-0.25, -0.2) is 10.3 Å². The van der Waals surface area contributed by atoms with Crippen molar-refractivity contribution < 1.29 is 72.1 Å². The molecule has 0 spiro atoms. The van der Waals surface area contributed by atoms with E-state index in [2.05, 4.69) is 32.1 Å². The summed E-state index contributed by atoms with van der Waals surface area (Å²) >= 11 is 0. The van der Waals surface area contributed by atoms with E-state index in [1.54, 1.807) is 73.8 Å². The zero-order valence-electron chi connectivity index (χ0n) is 57.0. The van der Waals surface area contributed by atoms with Gasteiger partial charge in [-0.1, -0.05) is 101 Å². The largest absolute Gasteiger partial charge is 0.481 e. The predicted octanol–water partition coefficient (Wildman–Crippen LogP) is 4.43. The Kier molecular flexibility index (Phi) is 35.1. The van der Waals surface area contributed by atoms with Crippen molar-refractivity contribution in [2.24, 2.45) is 41.2 Å². The number of hydrogen-bond donors (Lipinski definition) is 8. The number of nitrogens with zero attached hydrogens (tertiary/aromatic N) is 4. The number of nitrogens with two attached hydrogens (primary N) is 1. The first-order valence-electron chi connectivity index (χ1n) is 31.8. The summed E-state index contributed by atoms with van der Waals surface area (Å²) in [5, 5.41) is 22.6. The lowest BCUT2D eigenvalue weighted by Crippen LogP contribution is -2.59. The number of anilines is 1. The number of carbonyl (C=O) groups excluding carboxylic acids is 9. The van der Waals surface area contributed by atoms with Gasteiger partial charge >= 0.3 is 12.0 Å². The van der Waals surface area contributed by atoms with Crippen molar-refractivity contribution in [2.75, 3.05) is 67.9 Å². The van der Waals surface area contributed by atoms with Crippen LogP contribution in [0.3, 0.4) is 0 Å². The lowest BCUT2D eigenvalue weighted by atomic mass is 9.88. The lowest BCUT2D eigenvalue weighted by molar-refractivity contribution is -0.152. The summed E-state index contributed by atoms with van der Waals surface area (Å²) in [6.07, 6.45) is 0.313. The number of benzene rings is 1. The number of ether oxygens (including phenoxy) is 3. The van der Waals surface area contributed by atoms with Crippen molar-refractivity contribution in [1.29, 1.82) is 0 Å². The van der Waals surface area contributed by atoms with Crippen LogP contribution in [0.25, 0.3) is 0 Å². The standard InChI is InChI=1S/C64H111N11O15/c1-19-40(9)56(47(87-16)34-50(77)71-90-36-43-28-30-44(31-29-43)67-59(81)45(24-22-32-66-64(65)86)68-60(82)53(37(3)4)69-49(76)26-21-27-52(79)80)73(14)62(84)42(11)58(89-18)46-25-23-33-75(46)51(78)35-48(88-17)57(41(10)20-2)74(15)63(85)54(38(5)6)70-61(83)55(39(7)8)72(12)13/h28-31,37-42,45-48,53-58H,19-27,32-36H2,1-18H3,(H,67,81)(H,68,82)(H,69,76)(H,70,83)(H,71,77)(H,79,80)(H3,65,66,86)/t40-,41-,42+,45+,46-,47+,48+,53?,54-,55?,56-,57-,58+/m0/s1. The number of amides is 10. The summed E-state index contributed by atoms with van der Waals surface area (Å²) in [4.78, 5) is 146. The van der Waals surface area contributed by atoms with Gasteiger partial charge in [-0.05, 0) is 93.5 Å². The Labute approximate surface area is 534 Å². The van der Waals surface area contributed by atoms with E-state index in [9.17, 15) is 47.9 Å². The minimum atomic E-state index is -1.10. The van der Waals surface area contributed by atoms with Crippen LogP contribution in [0.2, 0.25) is 0 Å². The van der Waals surface area contributed by atoms with Gasteiger partial charge in [-0.15, -0.1) is 0 Å². The van der Waals surface area contributed by atoms with Gasteiger partial charge in [0.05, 0.1) is 67.8 Å². The average molecular weight is 1270 g/mol. The molecule has 1 aliphatic rings. The molecule has 1 heterocycles. The van der Waals surface area contributed by atoms with Crippen molar-refractivity contribution in [3.8, 4) is 0 Å². The van der Waals surface area contributed by atoms with E-state index in [1.807, 2.05) is 74.4 Å². The normalized spacial score (nSPS) is 17.4. The number of carboxylic acids is 1. The first kappa shape index (κ1) is 79.6. The van der Waals surface area contributed by atoms with Crippen LogP contribution >= 0.6 is 0 Å². The summed E-state index contributed by atoms with van der Waals surface area (Å²) in [7, 11) is 11.6. The molecule has 0 radical (unpaired) electrons. The number of nitrogens with one attached hydrogen (secondary N) is 6. The van der Waals surface area contributed by atoms with Crippen LogP contribution in [0.1, 0.15) is 152 Å². The van der Waals surface area contributed by atoms with Crippen molar-refractivity contribution in [3.05, 3.63) is 29.8 Å². The van der Waals surface area contributed by atoms with Crippen molar-refractivity contribution >= 4 is 64.9 Å². The number of likely N-dealkylation sites (N-methyl/N-ethyl adjacent to an activating group) is 3. The summed E-state index contributed by atoms with van der Waals surface area (Å²) in [6, 6.07) is 0.840. The number of urea groups is 1. The summed E-state index contributed by atoms with van der Waals surface area (Å²) in [5.41, 5.74) is 8.68. The molecule has 90 heavy (non-hydrogen) atoms. The molecular formula is C64H111N11O15. The van der Waals surface area contributed by atoms with E-state index in [1.165, 1.54) is 21.3 Å². The average Bonchev–Trinajstić information content (AvgIpc) is 1.65. The third-order valence-corrected chi connectivity index (χ3v) is 17.3. The number of aliphatic carboxylic acids is 1. The Morgan fingerprint density at radius 3 is 1.73 bits per heavy atom. The van der Waals surface area contributed by atoms with Crippen LogP contribution in [0.15, 0.2) is 24.3 Å². The molecule has 0 aliphatic carbocycles. The van der Waals surface area contributed by atoms with Gasteiger partial charge < -0.3 is 66.3 Å². The van der Waals surface area contributed by atoms with Crippen molar-refractivity contribution in [2.45, 2.75) is 214 Å². The monoisotopic (exact) mass is 1270 g/mol. The zero-order valence-corrected chi connectivity index (χ0v) is 57.0. The number of hydrogen-bond acceptors (Lipinski definition) is 15. The highest BCUT2D eigenvalue weighted by atomic mass is 16.7. The van der Waals surface area contributed by atoms with Crippen LogP contribution in [-0.2, 0) is 68.8 Å². The second-order valence-corrected chi connectivity index (χ2v) is 25.3. The quantitative estimate of drug-likeness (QED) is 0.0332. The van der Waals surface area contributed by atoms with Gasteiger partial charge in [-0.2, -0.15) is 0 Å². The first-order valence-corrected chi connectivity index (χ1v) is 31.8. The SMILES string of the molecule is CC[C@H](C)[C@@H]([C@@H](CC(=O)N1CCC[C@H]1[C@H](OC)[C@@H](C)C(=O)N(C)[C@@H]([C@@H](C)CC)[C@@H](CC(=O)NOCc1ccc(NC(=O)[C@@H](CCCNC(N)=O)NC(=O)C(NC(=O)CCCC(=O)O)C(C)C)cc1)OC)OC)N(C)C(=O)[C@@H](NC(=O)C(C(C)C)N(C)C)C(C)C. The molecule has 26 nitrogen and oxygen atoms in total. The Hall–Kier alpha value is -6.48. The second kappa shape index (κ2) is 39.7. The summed E-state index contributed by atoms with van der Waals surface area (Å²) < 4.78 is 18.2. The van der Waals surface area contributed by atoms with Crippen molar-refractivity contribution in [1.82, 2.24) is 46.3 Å². The molecule has 13 atom stereocenters. The maximum Gasteiger partial charge on any atom is 0.312 e. The van der Waals surface area contributed by atoms with E-state index in [0.717, 1.165) is 0 Å². The maximum atomic E-state index is 14.8. The second-order valence-electron chi connectivity index (χ2n) is 25.3. The minimum absolute atomic E-state index is 0.000315. The van der Waals surface area contributed by atoms with Gasteiger partial charge in [0.2, 0.25) is 47.3 Å². The number of hydroxylamine groups is 1. The van der Waals surface area contributed by atoms with E-state index in [-0.39, 0.29) is 111 Å². The van der Waals surface area contributed by atoms with E-state index in [4.69, 9.17) is 29.9 Å². The van der Waals surface area contributed by atoms with Gasteiger partial charge in [0.25, 0.3) is 0 Å². The Balaban J connectivity index is 2.21. The molecule has 2 unspecified atom stereocenters. The van der Waals surface area contributed by atoms with Gasteiger partial charge in [0.15, 0.2) is 0 Å². The fourth-order valence-electron chi connectivity index (χ4n) is 12.0. The number of methoxy groups -OCH3 is 3. The number of carbonyl (C=O) groups is 10. The number of rotatable bonds is 41. The number of likely N-dealkylation sites (tertiary alicyclic amines) is 1. The molecule has 1 aromatic carbocycles. The molecular weight excluding hydrogens is 1160 g/mol. The van der Waals surface area contributed by atoms with Crippen LogP contribution in [0.4, 0.5) is 10.5 Å². The molecule has 1 saturated heterocycles. The van der Waals surface area contributed by atoms with Crippen LogP contribution in [0, 0.1) is 35.5 Å². The predicted molar refractivity (Wildman–Crippen MR) is 342 cm³/mol. The van der Waals surface area contributed by atoms with Crippen LogP contribution in [-0.4, -0.2) is 207 Å². The highest BCUT2D eigenvalue weighted by Crippen LogP contribution is 2.32. The lowest BCUT2D eigenvalue weighted by Gasteiger charge is -2.42. The molecule has 0 saturated carbocycles. The molecule has 0 bridgehead atoms. The smallest absolute Gasteiger partial charge is 0.312 e. The first-order chi connectivity index (χ1) is 42.3. The number of carboxylic acid groups (broad SMARTS) is 1. The molecule has 2 rings (SSSR count). The van der Waals surface area contributed by atoms with E-state index in [0.29, 0.717) is 43.5 Å². The van der Waals surface area contributed by atoms with Crippen LogP contribution < -0.4 is 37.8 Å². The minimum Gasteiger partial charge on any atom is -0.481 e. The van der Waals surface area contributed by atoms with Gasteiger partial charge in [-0.3, -0.25) is 52.9 Å².